The predicted octanol–water partition coefficient (Wildman–Crippen LogP) is -0.684. The number of carboxylic acid groups (broad SMARTS) is 1. The second-order valence-corrected chi connectivity index (χ2v) is 3.61. The fourth-order valence-corrected chi connectivity index (χ4v) is 1.52. The third-order valence-electron chi connectivity index (χ3n) is 1.63. The fraction of sp³-hybridized carbons (Fsp3) is 0.500. The van der Waals surface area contributed by atoms with Crippen LogP contribution in [0.15, 0.2) is 0 Å². The quantitative estimate of drug-likeness (QED) is 0.319. The molecule has 1 unspecified atom stereocenters. The van der Waals surface area contributed by atoms with Gasteiger partial charge in [-0.3, -0.25) is 9.10 Å². The normalized spacial score (nSPS) is 28.3. The summed E-state index contributed by atoms with van der Waals surface area (Å²) in [6, 6.07) is -1.21. The van der Waals surface area contributed by atoms with Crippen LogP contribution in [0.5, 0.6) is 0 Å². The summed E-state index contributed by atoms with van der Waals surface area (Å²) in [6.45, 7) is 0. The molecular formula is C6H7NO5S2. The third kappa shape index (κ3) is 2.13. The first-order valence-electron chi connectivity index (χ1n) is 3.57. The van der Waals surface area contributed by atoms with Crippen molar-refractivity contribution in [1.82, 2.24) is 4.31 Å². The number of ether oxygens (including phenoxy) is 1. The number of aliphatic carboxylic acids is 1. The van der Waals surface area contributed by atoms with Gasteiger partial charge in [0.05, 0.1) is 0 Å². The molecule has 1 rings (SSSR count). The minimum Gasteiger partial charge on any atom is -0.480 e. The van der Waals surface area contributed by atoms with Gasteiger partial charge in [-0.15, -0.1) is 12.6 Å². The van der Waals surface area contributed by atoms with Crippen molar-refractivity contribution in [3.8, 4) is 0 Å². The van der Waals surface area contributed by atoms with E-state index in [-0.39, 0.29) is 6.42 Å². The van der Waals surface area contributed by atoms with Crippen LogP contribution in [0.3, 0.4) is 0 Å². The van der Waals surface area contributed by atoms with Gasteiger partial charge in [0.15, 0.2) is 0 Å². The van der Waals surface area contributed by atoms with Crippen molar-refractivity contribution in [2.75, 3.05) is 0 Å². The summed E-state index contributed by atoms with van der Waals surface area (Å²) in [5.41, 5.74) is -0.912. The van der Waals surface area contributed by atoms with Crippen molar-refractivity contribution < 1.29 is 24.2 Å². The average Bonchev–Trinajstić information content (AvgIpc) is 2.18. The summed E-state index contributed by atoms with van der Waals surface area (Å²) in [5, 5.41) is 8.71. The molecule has 14 heavy (non-hydrogen) atoms. The van der Waals surface area contributed by atoms with Gasteiger partial charge in [-0.25, -0.2) is 9.59 Å². The molecule has 0 spiro atoms. The molecule has 1 N–H and O–H groups in total. The molecule has 1 amide bonds. The summed E-state index contributed by atoms with van der Waals surface area (Å²) in [7, 11) is 0. The Morgan fingerprint density at radius 3 is 2.64 bits per heavy atom. The van der Waals surface area contributed by atoms with E-state index in [4.69, 9.17) is 5.11 Å². The number of carbonyl (C=O) groups excluding carboxylic acids is 2. The zero-order valence-corrected chi connectivity index (χ0v) is 8.57. The van der Waals surface area contributed by atoms with Crippen molar-refractivity contribution in [1.29, 1.82) is 0 Å². The van der Waals surface area contributed by atoms with Crippen LogP contribution < -0.4 is 0 Å². The lowest BCUT2D eigenvalue weighted by molar-refractivity contribution is -0.157. The van der Waals surface area contributed by atoms with E-state index in [2.05, 4.69) is 30.2 Å². The zero-order chi connectivity index (χ0) is 10.9. The number of amides is 1. The minimum absolute atomic E-state index is 0.0978. The van der Waals surface area contributed by atoms with Gasteiger partial charge in [0, 0.05) is 6.42 Å². The van der Waals surface area contributed by atoms with Crippen molar-refractivity contribution >= 4 is 43.3 Å². The highest BCUT2D eigenvalue weighted by Gasteiger charge is 2.38. The molecule has 0 aromatic rings. The van der Waals surface area contributed by atoms with Crippen LogP contribution in [0, 0.1) is 0 Å². The van der Waals surface area contributed by atoms with E-state index in [0.717, 1.165) is 0 Å². The number of rotatable bonds is 1. The minimum atomic E-state index is -1.26. The van der Waals surface area contributed by atoms with E-state index >= 15 is 0 Å². The highest BCUT2D eigenvalue weighted by molar-refractivity contribution is 7.80. The third-order valence-corrected chi connectivity index (χ3v) is 2.41. The standard InChI is InChI=1S/C6H7NO5S2/c8-4-6(11)12-3(13)1-2(5(9)10)7(4)14/h2-3,13-14H,1H2,(H,9,10)/t2-,3?/m0/s1. The van der Waals surface area contributed by atoms with Crippen LogP contribution in [0.1, 0.15) is 6.42 Å². The second kappa shape index (κ2) is 4.09. The van der Waals surface area contributed by atoms with Crippen molar-refractivity contribution in [2.24, 2.45) is 0 Å². The van der Waals surface area contributed by atoms with E-state index in [0.29, 0.717) is 4.31 Å². The molecule has 0 saturated carbocycles. The predicted molar refractivity (Wildman–Crippen MR) is 50.7 cm³/mol. The van der Waals surface area contributed by atoms with Crippen LogP contribution in [0.2, 0.25) is 0 Å². The van der Waals surface area contributed by atoms with Gasteiger partial charge >= 0.3 is 17.8 Å². The van der Waals surface area contributed by atoms with Gasteiger partial charge in [-0.1, -0.05) is 12.8 Å². The van der Waals surface area contributed by atoms with E-state index in [1.54, 1.807) is 0 Å². The summed E-state index contributed by atoms with van der Waals surface area (Å²) in [6.07, 6.45) is -0.0978. The Labute approximate surface area is 90.2 Å². The highest BCUT2D eigenvalue weighted by Crippen LogP contribution is 2.19. The number of hydrogen-bond acceptors (Lipinski definition) is 6. The van der Waals surface area contributed by atoms with E-state index in [1.165, 1.54) is 0 Å². The maximum absolute atomic E-state index is 11.1. The van der Waals surface area contributed by atoms with Crippen LogP contribution >= 0.6 is 25.4 Å². The van der Waals surface area contributed by atoms with Gasteiger partial charge in [-0.05, 0) is 0 Å². The smallest absolute Gasteiger partial charge is 0.399 e. The molecule has 78 valence electrons. The van der Waals surface area contributed by atoms with Gasteiger partial charge in [0.25, 0.3) is 0 Å². The number of nitrogens with zero attached hydrogens (tertiary/aromatic N) is 1. The Kier molecular flexibility index (Phi) is 3.27. The maximum atomic E-state index is 11.1. The van der Waals surface area contributed by atoms with E-state index in [1.807, 2.05) is 0 Å². The number of carboxylic acids is 1. The van der Waals surface area contributed by atoms with Crippen LogP contribution in [0.25, 0.3) is 0 Å². The summed E-state index contributed by atoms with van der Waals surface area (Å²) < 4.78 is 5.04. The van der Waals surface area contributed by atoms with Crippen molar-refractivity contribution in [3.05, 3.63) is 0 Å². The van der Waals surface area contributed by atoms with Crippen molar-refractivity contribution in [2.45, 2.75) is 17.9 Å². The van der Waals surface area contributed by atoms with Crippen LogP contribution in [0.4, 0.5) is 0 Å². The summed E-state index contributed by atoms with van der Waals surface area (Å²) in [5.74, 6) is -3.51. The van der Waals surface area contributed by atoms with Gasteiger partial charge in [0.1, 0.15) is 11.5 Å². The lowest BCUT2D eigenvalue weighted by Gasteiger charge is -2.18. The molecular weight excluding hydrogens is 230 g/mol. The highest BCUT2D eigenvalue weighted by atomic mass is 32.1. The molecule has 1 heterocycles. The Morgan fingerprint density at radius 1 is 1.57 bits per heavy atom. The number of esters is 1. The van der Waals surface area contributed by atoms with Crippen LogP contribution in [-0.4, -0.2) is 38.7 Å². The maximum Gasteiger partial charge on any atom is 0.399 e. The first-order chi connectivity index (χ1) is 6.43. The monoisotopic (exact) mass is 237 g/mol. The Morgan fingerprint density at radius 2 is 2.14 bits per heavy atom. The van der Waals surface area contributed by atoms with E-state index < -0.39 is 29.3 Å². The number of carbonyl (C=O) groups is 3. The second-order valence-electron chi connectivity index (χ2n) is 2.60. The Balaban J connectivity index is 2.93. The summed E-state index contributed by atoms with van der Waals surface area (Å²) in [4.78, 5) is 32.7. The molecule has 1 fully saturated rings. The molecule has 6 nitrogen and oxygen atoms in total. The number of thiol groups is 2. The lowest BCUT2D eigenvalue weighted by Crippen LogP contribution is -2.40. The fourth-order valence-electron chi connectivity index (χ4n) is 0.953. The first kappa shape index (κ1) is 11.2. The SMILES string of the molecule is O=C1OC(S)C[C@@H](C(=O)O)N(S)C1=O. The zero-order valence-electron chi connectivity index (χ0n) is 6.78. The molecule has 0 radical (unpaired) electrons. The largest absolute Gasteiger partial charge is 0.480 e. The molecule has 0 bridgehead atoms. The Hall–Kier alpha value is -0.890. The lowest BCUT2D eigenvalue weighted by atomic mass is 10.2. The van der Waals surface area contributed by atoms with Gasteiger partial charge in [-0.2, -0.15) is 0 Å². The molecule has 1 aliphatic rings. The van der Waals surface area contributed by atoms with Gasteiger partial charge in [0.2, 0.25) is 0 Å². The van der Waals surface area contributed by atoms with Crippen LogP contribution in [-0.2, 0) is 19.1 Å². The molecule has 2 atom stereocenters. The van der Waals surface area contributed by atoms with E-state index in [9.17, 15) is 14.4 Å². The molecule has 1 aliphatic heterocycles. The first-order valence-corrected chi connectivity index (χ1v) is 4.49. The molecule has 1 saturated heterocycles. The average molecular weight is 237 g/mol. The molecule has 0 aliphatic carbocycles. The molecule has 0 aromatic carbocycles. The molecule has 0 aromatic heterocycles. The topological polar surface area (TPSA) is 83.9 Å². The number of hydrogen-bond donors (Lipinski definition) is 3. The molecule has 8 heteroatoms. The van der Waals surface area contributed by atoms with Crippen molar-refractivity contribution in [3.63, 3.8) is 0 Å². The Bertz CT molecular complexity index is 294. The van der Waals surface area contributed by atoms with Gasteiger partial charge < -0.3 is 9.84 Å². The summed E-state index contributed by atoms with van der Waals surface area (Å²) >= 11 is 7.43. The number of cyclic esters (lactones) is 1.